The standard InChI is InChI=1S/C13H18N2O/c1-14-9-4-7-13(16)15-10-8-11-5-2-3-6-12(11)15/h2-3,5-6,14H,4,7-10H2,1H3. The van der Waals surface area contributed by atoms with Crippen LogP contribution in [0, 0.1) is 0 Å². The quantitative estimate of drug-likeness (QED) is 0.778. The molecule has 0 fully saturated rings. The Labute approximate surface area is 96.5 Å². The molecule has 1 aliphatic heterocycles. The molecular formula is C13H18N2O. The molecule has 0 aromatic heterocycles. The third kappa shape index (κ3) is 2.25. The smallest absolute Gasteiger partial charge is 0.227 e. The minimum atomic E-state index is 0.250. The van der Waals surface area contributed by atoms with Gasteiger partial charge in [0.15, 0.2) is 0 Å². The first-order chi connectivity index (χ1) is 7.83. The van der Waals surface area contributed by atoms with Crippen LogP contribution in [-0.2, 0) is 11.2 Å². The molecule has 0 unspecified atom stereocenters. The second kappa shape index (κ2) is 5.12. The molecule has 0 bridgehead atoms. The minimum Gasteiger partial charge on any atom is -0.320 e. The van der Waals surface area contributed by atoms with Crippen molar-refractivity contribution in [1.29, 1.82) is 0 Å². The summed E-state index contributed by atoms with van der Waals surface area (Å²) in [6, 6.07) is 8.18. The Hall–Kier alpha value is -1.35. The molecule has 0 saturated heterocycles. The maximum absolute atomic E-state index is 12.0. The van der Waals surface area contributed by atoms with Crippen LogP contribution >= 0.6 is 0 Å². The molecule has 0 spiro atoms. The summed E-state index contributed by atoms with van der Waals surface area (Å²) in [6.45, 7) is 1.75. The summed E-state index contributed by atoms with van der Waals surface area (Å²) in [6.07, 6.45) is 2.54. The molecule has 1 heterocycles. The van der Waals surface area contributed by atoms with E-state index in [0.717, 1.165) is 31.6 Å². The fraction of sp³-hybridized carbons (Fsp3) is 0.462. The van der Waals surface area contributed by atoms with Gasteiger partial charge in [0.25, 0.3) is 0 Å². The number of carbonyl (C=O) groups excluding carboxylic acids is 1. The summed E-state index contributed by atoms with van der Waals surface area (Å²) in [5.74, 6) is 0.250. The van der Waals surface area contributed by atoms with Crippen LogP contribution in [-0.4, -0.2) is 26.0 Å². The maximum atomic E-state index is 12.0. The molecule has 0 radical (unpaired) electrons. The lowest BCUT2D eigenvalue weighted by Gasteiger charge is -2.17. The van der Waals surface area contributed by atoms with Crippen LogP contribution in [0.4, 0.5) is 5.69 Å². The van der Waals surface area contributed by atoms with Gasteiger partial charge in [-0.1, -0.05) is 18.2 Å². The number of nitrogens with zero attached hydrogens (tertiary/aromatic N) is 1. The largest absolute Gasteiger partial charge is 0.320 e. The Balaban J connectivity index is 1.99. The molecular weight excluding hydrogens is 200 g/mol. The third-order valence-corrected chi connectivity index (χ3v) is 3.01. The monoisotopic (exact) mass is 218 g/mol. The predicted molar refractivity (Wildman–Crippen MR) is 65.7 cm³/mol. The zero-order valence-electron chi connectivity index (χ0n) is 9.70. The Morgan fingerprint density at radius 2 is 2.25 bits per heavy atom. The Kier molecular flexibility index (Phi) is 3.57. The van der Waals surface area contributed by atoms with Crippen molar-refractivity contribution in [1.82, 2.24) is 5.32 Å². The van der Waals surface area contributed by atoms with Crippen molar-refractivity contribution in [3.8, 4) is 0 Å². The topological polar surface area (TPSA) is 32.3 Å². The summed E-state index contributed by atoms with van der Waals surface area (Å²) < 4.78 is 0. The number of anilines is 1. The van der Waals surface area contributed by atoms with Gasteiger partial charge < -0.3 is 10.2 Å². The first-order valence-corrected chi connectivity index (χ1v) is 5.86. The molecule has 1 aromatic rings. The fourth-order valence-corrected chi connectivity index (χ4v) is 2.15. The Morgan fingerprint density at radius 1 is 1.44 bits per heavy atom. The highest BCUT2D eigenvalue weighted by molar-refractivity contribution is 5.95. The van der Waals surface area contributed by atoms with E-state index in [-0.39, 0.29) is 5.91 Å². The average molecular weight is 218 g/mol. The molecule has 0 aliphatic carbocycles. The van der Waals surface area contributed by atoms with Crippen LogP contribution in [0.3, 0.4) is 0 Å². The SMILES string of the molecule is CNCCCC(=O)N1CCc2ccccc21. The molecule has 86 valence electrons. The summed E-state index contributed by atoms with van der Waals surface area (Å²) in [5, 5.41) is 3.06. The fourth-order valence-electron chi connectivity index (χ4n) is 2.15. The highest BCUT2D eigenvalue weighted by Gasteiger charge is 2.23. The average Bonchev–Trinajstić information content (AvgIpc) is 2.73. The lowest BCUT2D eigenvalue weighted by Crippen LogP contribution is -2.29. The van der Waals surface area contributed by atoms with E-state index in [0.29, 0.717) is 6.42 Å². The van der Waals surface area contributed by atoms with E-state index >= 15 is 0 Å². The van der Waals surface area contributed by atoms with E-state index < -0.39 is 0 Å². The van der Waals surface area contributed by atoms with Gasteiger partial charge in [-0.05, 0) is 38.1 Å². The Bertz CT molecular complexity index is 376. The van der Waals surface area contributed by atoms with Gasteiger partial charge in [-0.2, -0.15) is 0 Å². The number of amides is 1. The highest BCUT2D eigenvalue weighted by Crippen LogP contribution is 2.27. The second-order valence-electron chi connectivity index (χ2n) is 4.13. The summed E-state index contributed by atoms with van der Waals surface area (Å²) in [5.41, 5.74) is 2.40. The van der Waals surface area contributed by atoms with Crippen LogP contribution in [0.15, 0.2) is 24.3 Å². The molecule has 1 aliphatic rings. The first kappa shape index (κ1) is 11.1. The van der Waals surface area contributed by atoms with Crippen LogP contribution in [0.5, 0.6) is 0 Å². The third-order valence-electron chi connectivity index (χ3n) is 3.01. The molecule has 3 heteroatoms. The normalized spacial score (nSPS) is 13.9. The van der Waals surface area contributed by atoms with Gasteiger partial charge in [-0.25, -0.2) is 0 Å². The van der Waals surface area contributed by atoms with Crippen molar-refractivity contribution in [3.05, 3.63) is 29.8 Å². The number of hydrogen-bond acceptors (Lipinski definition) is 2. The number of para-hydroxylation sites is 1. The lowest BCUT2D eigenvalue weighted by molar-refractivity contribution is -0.118. The van der Waals surface area contributed by atoms with Crippen LogP contribution in [0.2, 0.25) is 0 Å². The van der Waals surface area contributed by atoms with Gasteiger partial charge in [-0.15, -0.1) is 0 Å². The Morgan fingerprint density at radius 3 is 3.06 bits per heavy atom. The zero-order valence-corrected chi connectivity index (χ0v) is 9.70. The number of rotatable bonds is 4. The van der Waals surface area contributed by atoms with Crippen LogP contribution in [0.1, 0.15) is 18.4 Å². The number of benzene rings is 1. The van der Waals surface area contributed by atoms with Gasteiger partial charge in [0.05, 0.1) is 0 Å². The molecule has 16 heavy (non-hydrogen) atoms. The van der Waals surface area contributed by atoms with E-state index in [4.69, 9.17) is 0 Å². The summed E-state index contributed by atoms with van der Waals surface area (Å²) >= 11 is 0. The molecule has 0 saturated carbocycles. The molecule has 1 aromatic carbocycles. The van der Waals surface area contributed by atoms with Gasteiger partial charge in [0.1, 0.15) is 0 Å². The van der Waals surface area contributed by atoms with Crippen molar-refractivity contribution in [3.63, 3.8) is 0 Å². The van der Waals surface area contributed by atoms with E-state index in [9.17, 15) is 4.79 Å². The predicted octanol–water partition coefficient (Wildman–Crippen LogP) is 1.58. The number of fused-ring (bicyclic) bond motifs is 1. The highest BCUT2D eigenvalue weighted by atomic mass is 16.2. The molecule has 2 rings (SSSR count). The number of nitrogens with one attached hydrogen (secondary N) is 1. The van der Waals surface area contributed by atoms with Gasteiger partial charge in [0.2, 0.25) is 5.91 Å². The zero-order chi connectivity index (χ0) is 11.4. The van der Waals surface area contributed by atoms with E-state index in [2.05, 4.69) is 11.4 Å². The molecule has 0 atom stereocenters. The molecule has 3 nitrogen and oxygen atoms in total. The molecule has 1 amide bonds. The molecule has 1 N–H and O–H groups in total. The van der Waals surface area contributed by atoms with Gasteiger partial charge in [-0.3, -0.25) is 4.79 Å². The number of carbonyl (C=O) groups is 1. The maximum Gasteiger partial charge on any atom is 0.227 e. The van der Waals surface area contributed by atoms with Crippen LogP contribution < -0.4 is 10.2 Å². The van der Waals surface area contributed by atoms with Crippen molar-refractivity contribution >= 4 is 11.6 Å². The van der Waals surface area contributed by atoms with Gasteiger partial charge >= 0.3 is 0 Å². The summed E-state index contributed by atoms with van der Waals surface area (Å²) in [4.78, 5) is 13.9. The first-order valence-electron chi connectivity index (χ1n) is 5.86. The van der Waals surface area contributed by atoms with Crippen molar-refractivity contribution < 1.29 is 4.79 Å². The minimum absolute atomic E-state index is 0.250. The summed E-state index contributed by atoms with van der Waals surface area (Å²) in [7, 11) is 1.91. The van der Waals surface area contributed by atoms with Crippen molar-refractivity contribution in [2.24, 2.45) is 0 Å². The van der Waals surface area contributed by atoms with E-state index in [1.54, 1.807) is 0 Å². The van der Waals surface area contributed by atoms with E-state index in [1.165, 1.54) is 5.56 Å². The number of hydrogen-bond donors (Lipinski definition) is 1. The van der Waals surface area contributed by atoms with Gasteiger partial charge in [0, 0.05) is 18.7 Å². The second-order valence-corrected chi connectivity index (χ2v) is 4.13. The van der Waals surface area contributed by atoms with E-state index in [1.807, 2.05) is 30.1 Å². The van der Waals surface area contributed by atoms with Crippen molar-refractivity contribution in [2.75, 3.05) is 25.0 Å². The van der Waals surface area contributed by atoms with Crippen LogP contribution in [0.25, 0.3) is 0 Å². The van der Waals surface area contributed by atoms with Crippen molar-refractivity contribution in [2.45, 2.75) is 19.3 Å². The lowest BCUT2D eigenvalue weighted by atomic mass is 10.2.